The van der Waals surface area contributed by atoms with E-state index in [-0.39, 0.29) is 17.5 Å². The molecule has 0 saturated heterocycles. The lowest BCUT2D eigenvalue weighted by molar-refractivity contribution is -0.137. The molecule has 1 aromatic rings. The maximum absolute atomic E-state index is 12.8. The second kappa shape index (κ2) is 10.2. The van der Waals surface area contributed by atoms with Crippen molar-refractivity contribution < 1.29 is 22.7 Å². The van der Waals surface area contributed by atoms with Gasteiger partial charge in [-0.15, -0.1) is 0 Å². The third-order valence-corrected chi connectivity index (χ3v) is 3.24. The highest BCUT2D eigenvalue weighted by atomic mass is 19.4. The maximum atomic E-state index is 12.8. The van der Waals surface area contributed by atoms with Gasteiger partial charge in [-0.3, -0.25) is 10.1 Å². The number of nitrogens with zero attached hydrogens (tertiary/aromatic N) is 2. The standard InChI is InChI=1S/C18H26F3N3O2/c1-13(2)12-26-17(22-9-6-10-24(3)4)23-16(25)14-7-5-8-15(11-14)18(19,20)21/h5,7-8,11,13H,6,9-10,12H2,1-4H3,(H,22,23,25). The molecular formula is C18H26F3N3O2. The number of amidine groups is 1. The topological polar surface area (TPSA) is 53.9 Å². The molecule has 8 heteroatoms. The van der Waals surface area contributed by atoms with Gasteiger partial charge in [0.25, 0.3) is 11.9 Å². The van der Waals surface area contributed by atoms with Crippen LogP contribution in [-0.2, 0) is 10.9 Å². The van der Waals surface area contributed by atoms with Crippen LogP contribution in [0.5, 0.6) is 0 Å². The zero-order chi connectivity index (χ0) is 19.7. The summed E-state index contributed by atoms with van der Waals surface area (Å²) in [4.78, 5) is 18.5. The molecule has 0 aliphatic rings. The molecule has 1 amide bonds. The van der Waals surface area contributed by atoms with E-state index < -0.39 is 17.6 Å². The smallest absolute Gasteiger partial charge is 0.416 e. The monoisotopic (exact) mass is 373 g/mol. The van der Waals surface area contributed by atoms with Gasteiger partial charge in [-0.25, -0.2) is 4.99 Å². The first-order chi connectivity index (χ1) is 12.1. The largest absolute Gasteiger partial charge is 0.465 e. The van der Waals surface area contributed by atoms with Crippen molar-refractivity contribution >= 4 is 11.9 Å². The van der Waals surface area contributed by atoms with Crippen LogP contribution >= 0.6 is 0 Å². The lowest BCUT2D eigenvalue weighted by Crippen LogP contribution is -2.34. The summed E-state index contributed by atoms with van der Waals surface area (Å²) in [6.45, 7) is 5.49. The van der Waals surface area contributed by atoms with Gasteiger partial charge >= 0.3 is 6.18 Å². The second-order valence-electron chi connectivity index (χ2n) is 6.58. The van der Waals surface area contributed by atoms with Gasteiger partial charge in [-0.1, -0.05) is 19.9 Å². The third-order valence-electron chi connectivity index (χ3n) is 3.24. The summed E-state index contributed by atoms with van der Waals surface area (Å²) in [5.41, 5.74) is -0.980. The Labute approximate surface area is 152 Å². The summed E-state index contributed by atoms with van der Waals surface area (Å²) in [7, 11) is 3.88. The van der Waals surface area contributed by atoms with Gasteiger partial charge in [0, 0.05) is 12.1 Å². The molecule has 0 fully saturated rings. The maximum Gasteiger partial charge on any atom is 0.416 e. The van der Waals surface area contributed by atoms with Crippen LogP contribution < -0.4 is 5.32 Å². The Morgan fingerprint density at radius 3 is 2.58 bits per heavy atom. The van der Waals surface area contributed by atoms with Gasteiger partial charge in [-0.05, 0) is 51.2 Å². The van der Waals surface area contributed by atoms with Gasteiger partial charge in [0.15, 0.2) is 0 Å². The molecule has 0 atom stereocenters. The molecule has 0 saturated carbocycles. The second-order valence-corrected chi connectivity index (χ2v) is 6.58. The number of carbonyl (C=O) groups is 1. The fourth-order valence-electron chi connectivity index (χ4n) is 1.94. The van der Waals surface area contributed by atoms with E-state index in [0.29, 0.717) is 13.2 Å². The number of rotatable bonds is 7. The van der Waals surface area contributed by atoms with Crippen molar-refractivity contribution in [2.24, 2.45) is 10.9 Å². The van der Waals surface area contributed by atoms with Gasteiger partial charge < -0.3 is 9.64 Å². The molecule has 0 aromatic heterocycles. The van der Waals surface area contributed by atoms with E-state index in [0.717, 1.165) is 25.1 Å². The lowest BCUT2D eigenvalue weighted by atomic mass is 10.1. The van der Waals surface area contributed by atoms with Crippen LogP contribution in [0, 0.1) is 5.92 Å². The number of aliphatic imine (C=N–C) groups is 1. The molecule has 1 N–H and O–H groups in total. The summed E-state index contributed by atoms with van der Waals surface area (Å²) in [6.07, 6.45) is -3.74. The Balaban J connectivity index is 2.82. The number of amides is 1. The summed E-state index contributed by atoms with van der Waals surface area (Å²) in [6, 6.07) is 4.26. The number of nitrogens with one attached hydrogen (secondary N) is 1. The molecule has 0 aliphatic carbocycles. The molecule has 0 radical (unpaired) electrons. The first-order valence-corrected chi connectivity index (χ1v) is 8.40. The average Bonchev–Trinajstić information content (AvgIpc) is 2.55. The minimum atomic E-state index is -4.51. The van der Waals surface area contributed by atoms with Crippen molar-refractivity contribution in [3.63, 3.8) is 0 Å². The Kier molecular flexibility index (Phi) is 8.57. The molecule has 5 nitrogen and oxygen atoms in total. The molecule has 0 aliphatic heterocycles. The Morgan fingerprint density at radius 1 is 1.31 bits per heavy atom. The van der Waals surface area contributed by atoms with Crippen LogP contribution in [0.15, 0.2) is 29.3 Å². The van der Waals surface area contributed by atoms with E-state index in [9.17, 15) is 18.0 Å². The normalized spacial score (nSPS) is 12.6. The van der Waals surface area contributed by atoms with E-state index in [1.165, 1.54) is 12.1 Å². The highest BCUT2D eigenvalue weighted by Crippen LogP contribution is 2.29. The van der Waals surface area contributed by atoms with E-state index in [1.807, 2.05) is 32.8 Å². The van der Waals surface area contributed by atoms with Gasteiger partial charge in [0.1, 0.15) is 0 Å². The van der Waals surface area contributed by atoms with Crippen molar-refractivity contribution in [1.82, 2.24) is 10.2 Å². The first kappa shape index (κ1) is 22.0. The van der Waals surface area contributed by atoms with Crippen molar-refractivity contribution in [2.75, 3.05) is 33.8 Å². The minimum absolute atomic E-state index is 0.0277. The highest BCUT2D eigenvalue weighted by molar-refractivity contribution is 6.04. The molecule has 0 spiro atoms. The molecular weight excluding hydrogens is 347 g/mol. The SMILES string of the molecule is CC(C)COC(=NCCCN(C)C)NC(=O)c1cccc(C(F)(F)F)c1. The van der Waals surface area contributed by atoms with Crippen molar-refractivity contribution in [2.45, 2.75) is 26.4 Å². The molecule has 146 valence electrons. The number of hydrogen-bond acceptors (Lipinski definition) is 4. The van der Waals surface area contributed by atoms with Crippen LogP contribution in [0.25, 0.3) is 0 Å². The molecule has 1 rings (SSSR count). The molecule has 0 unspecified atom stereocenters. The van der Waals surface area contributed by atoms with Crippen molar-refractivity contribution in [1.29, 1.82) is 0 Å². The first-order valence-electron chi connectivity index (χ1n) is 8.40. The number of carbonyl (C=O) groups excluding carboxylic acids is 1. The Morgan fingerprint density at radius 2 is 2.00 bits per heavy atom. The summed E-state index contributed by atoms with van der Waals surface area (Å²) < 4.78 is 43.9. The summed E-state index contributed by atoms with van der Waals surface area (Å²) in [5.74, 6) is -0.473. The molecule has 26 heavy (non-hydrogen) atoms. The quantitative estimate of drug-likeness (QED) is 0.453. The number of ether oxygens (including phenoxy) is 1. The van der Waals surface area contributed by atoms with Crippen molar-refractivity contribution in [3.8, 4) is 0 Å². The lowest BCUT2D eigenvalue weighted by Gasteiger charge is -2.14. The highest BCUT2D eigenvalue weighted by Gasteiger charge is 2.31. The predicted octanol–water partition coefficient (Wildman–Crippen LogP) is 3.42. The van der Waals surface area contributed by atoms with E-state index >= 15 is 0 Å². The van der Waals surface area contributed by atoms with Crippen molar-refractivity contribution in [3.05, 3.63) is 35.4 Å². The summed E-state index contributed by atoms with van der Waals surface area (Å²) >= 11 is 0. The van der Waals surface area contributed by atoms with E-state index in [4.69, 9.17) is 4.74 Å². The van der Waals surface area contributed by atoms with Gasteiger partial charge in [0.05, 0.1) is 12.2 Å². The molecule has 0 bridgehead atoms. The van der Waals surface area contributed by atoms with E-state index in [1.54, 1.807) is 0 Å². The van der Waals surface area contributed by atoms with Crippen LogP contribution in [0.4, 0.5) is 13.2 Å². The van der Waals surface area contributed by atoms with Crippen LogP contribution in [0.1, 0.15) is 36.2 Å². The zero-order valence-electron chi connectivity index (χ0n) is 15.6. The fraction of sp³-hybridized carbons (Fsp3) is 0.556. The number of halogens is 3. The molecule has 1 aromatic carbocycles. The molecule has 0 heterocycles. The van der Waals surface area contributed by atoms with Crippen LogP contribution in [0.2, 0.25) is 0 Å². The van der Waals surface area contributed by atoms with Gasteiger partial charge in [-0.2, -0.15) is 13.2 Å². The minimum Gasteiger partial charge on any atom is -0.465 e. The summed E-state index contributed by atoms with van der Waals surface area (Å²) in [5, 5.41) is 2.46. The van der Waals surface area contributed by atoms with Crippen LogP contribution in [0.3, 0.4) is 0 Å². The number of benzene rings is 1. The van der Waals surface area contributed by atoms with Crippen LogP contribution in [-0.4, -0.2) is 50.6 Å². The Bertz CT molecular complexity index is 614. The third kappa shape index (κ3) is 8.33. The Hall–Kier alpha value is -2.09. The van der Waals surface area contributed by atoms with Gasteiger partial charge in [0.2, 0.25) is 0 Å². The average molecular weight is 373 g/mol. The van der Waals surface area contributed by atoms with E-state index in [2.05, 4.69) is 10.3 Å². The number of alkyl halides is 3. The number of hydrogen-bond donors (Lipinski definition) is 1. The zero-order valence-corrected chi connectivity index (χ0v) is 15.6. The fourth-order valence-corrected chi connectivity index (χ4v) is 1.94. The predicted molar refractivity (Wildman–Crippen MR) is 95.2 cm³/mol.